The van der Waals surface area contributed by atoms with Crippen molar-refractivity contribution in [2.75, 3.05) is 5.32 Å². The molecule has 21 heavy (non-hydrogen) atoms. The Kier molecular flexibility index (Phi) is 5.13. The first-order chi connectivity index (χ1) is 9.88. The summed E-state index contributed by atoms with van der Waals surface area (Å²) >= 11 is 11.8. The van der Waals surface area contributed by atoms with Crippen LogP contribution in [0.1, 0.15) is 21.5 Å². The highest BCUT2D eigenvalue weighted by Gasteiger charge is 2.13. The molecule has 0 atom stereocenters. The van der Waals surface area contributed by atoms with Gasteiger partial charge < -0.3 is 11.1 Å². The van der Waals surface area contributed by atoms with Gasteiger partial charge in [-0.2, -0.15) is 0 Å². The molecule has 0 aliphatic heterocycles. The molecule has 0 bridgehead atoms. The van der Waals surface area contributed by atoms with Crippen molar-refractivity contribution in [3.05, 3.63) is 62.0 Å². The molecule has 108 valence electrons. The van der Waals surface area contributed by atoms with E-state index in [-0.39, 0.29) is 10.9 Å². The van der Waals surface area contributed by atoms with Crippen molar-refractivity contribution in [1.82, 2.24) is 0 Å². The van der Waals surface area contributed by atoms with Gasteiger partial charge in [-0.15, -0.1) is 0 Å². The van der Waals surface area contributed by atoms with Gasteiger partial charge in [0.15, 0.2) is 0 Å². The van der Waals surface area contributed by atoms with E-state index < -0.39 is 0 Å². The summed E-state index contributed by atoms with van der Waals surface area (Å²) in [6, 6.07) is 10.9. The number of carbonyl (C=O) groups is 1. The zero-order chi connectivity index (χ0) is 15.6. The van der Waals surface area contributed by atoms with Gasteiger partial charge >= 0.3 is 0 Å². The third-order valence-corrected chi connectivity index (χ3v) is 4.01. The monoisotopic (exact) mass is 426 g/mol. The Morgan fingerprint density at radius 3 is 2.38 bits per heavy atom. The van der Waals surface area contributed by atoms with Crippen molar-refractivity contribution in [3.8, 4) is 0 Å². The molecule has 0 saturated carbocycles. The normalized spacial score (nSPS) is 10.2. The summed E-state index contributed by atoms with van der Waals surface area (Å²) in [5, 5.41) is 2.86. The number of hydrogen-bond donors (Lipinski definition) is 2. The van der Waals surface area contributed by atoms with Gasteiger partial charge in [0.1, 0.15) is 4.99 Å². The third-order valence-electron chi connectivity index (χ3n) is 2.89. The van der Waals surface area contributed by atoms with Crippen molar-refractivity contribution in [2.45, 2.75) is 6.92 Å². The van der Waals surface area contributed by atoms with Crippen LogP contribution in [0.5, 0.6) is 0 Å². The quantitative estimate of drug-likeness (QED) is 0.713. The van der Waals surface area contributed by atoms with Gasteiger partial charge in [0.05, 0.1) is 5.69 Å². The van der Waals surface area contributed by atoms with E-state index in [9.17, 15) is 4.79 Å². The molecule has 3 nitrogen and oxygen atoms in total. The first-order valence-electron chi connectivity index (χ1n) is 6.05. The van der Waals surface area contributed by atoms with E-state index >= 15 is 0 Å². The van der Waals surface area contributed by atoms with Crippen LogP contribution in [0.15, 0.2) is 45.3 Å². The summed E-state index contributed by atoms with van der Waals surface area (Å²) < 4.78 is 1.64. The molecular weight excluding hydrogens is 416 g/mol. The molecule has 2 aromatic rings. The zero-order valence-electron chi connectivity index (χ0n) is 11.1. The Morgan fingerprint density at radius 1 is 1.19 bits per heavy atom. The number of halogens is 2. The number of aryl methyl sites for hydroxylation is 1. The Bertz CT molecular complexity index is 711. The van der Waals surface area contributed by atoms with Crippen molar-refractivity contribution in [1.29, 1.82) is 0 Å². The first kappa shape index (κ1) is 16.1. The van der Waals surface area contributed by atoms with E-state index in [1.54, 1.807) is 18.2 Å². The molecule has 0 heterocycles. The standard InChI is InChI=1S/C15H12Br2N2OS/c1-8-3-2-4-12(13(8)14(18)21)19-15(20)9-5-10(16)7-11(17)6-9/h2-7H,1H3,(H2,18,21)(H,19,20). The minimum Gasteiger partial charge on any atom is -0.389 e. The SMILES string of the molecule is Cc1cccc(NC(=O)c2cc(Br)cc(Br)c2)c1C(N)=S. The molecular formula is C15H12Br2N2OS. The molecule has 2 aromatic carbocycles. The highest BCUT2D eigenvalue weighted by atomic mass is 79.9. The third kappa shape index (κ3) is 3.90. The molecule has 0 aliphatic rings. The van der Waals surface area contributed by atoms with Crippen LogP contribution < -0.4 is 11.1 Å². The van der Waals surface area contributed by atoms with Crippen LogP contribution in [0.4, 0.5) is 5.69 Å². The lowest BCUT2D eigenvalue weighted by molar-refractivity contribution is 0.102. The van der Waals surface area contributed by atoms with Gasteiger partial charge in [-0.05, 0) is 36.8 Å². The van der Waals surface area contributed by atoms with Crippen LogP contribution in [0.3, 0.4) is 0 Å². The van der Waals surface area contributed by atoms with Crippen LogP contribution in [0, 0.1) is 6.92 Å². The lowest BCUT2D eigenvalue weighted by Gasteiger charge is -2.13. The molecule has 0 saturated heterocycles. The van der Waals surface area contributed by atoms with E-state index in [1.165, 1.54) is 0 Å². The predicted octanol–water partition coefficient (Wildman–Crippen LogP) is 4.41. The lowest BCUT2D eigenvalue weighted by atomic mass is 10.1. The van der Waals surface area contributed by atoms with Crippen molar-refractivity contribution < 1.29 is 4.79 Å². The second-order valence-electron chi connectivity index (χ2n) is 4.47. The van der Waals surface area contributed by atoms with Gasteiger partial charge in [0.25, 0.3) is 5.91 Å². The number of rotatable bonds is 3. The fourth-order valence-electron chi connectivity index (χ4n) is 1.98. The molecule has 0 radical (unpaired) electrons. The summed E-state index contributed by atoms with van der Waals surface area (Å²) in [7, 11) is 0. The Labute approximate surface area is 145 Å². The number of hydrogen-bond acceptors (Lipinski definition) is 2. The number of nitrogens with two attached hydrogens (primary N) is 1. The van der Waals surface area contributed by atoms with Crippen LogP contribution in [-0.4, -0.2) is 10.9 Å². The molecule has 0 fully saturated rings. The maximum Gasteiger partial charge on any atom is 0.255 e. The summed E-state index contributed by atoms with van der Waals surface area (Å²) in [5.41, 5.74) is 8.51. The van der Waals surface area contributed by atoms with Gasteiger partial charge in [-0.25, -0.2) is 0 Å². The van der Waals surface area contributed by atoms with Crippen molar-refractivity contribution in [3.63, 3.8) is 0 Å². The van der Waals surface area contributed by atoms with E-state index in [1.807, 2.05) is 25.1 Å². The topological polar surface area (TPSA) is 55.1 Å². The smallest absolute Gasteiger partial charge is 0.255 e. The van der Waals surface area contributed by atoms with Gasteiger partial charge in [-0.1, -0.05) is 56.2 Å². The Hall–Kier alpha value is -1.24. The van der Waals surface area contributed by atoms with E-state index in [4.69, 9.17) is 18.0 Å². The van der Waals surface area contributed by atoms with Crippen LogP contribution >= 0.6 is 44.1 Å². The summed E-state index contributed by atoms with van der Waals surface area (Å²) in [6.07, 6.45) is 0. The van der Waals surface area contributed by atoms with Crippen LogP contribution in [0.25, 0.3) is 0 Å². The predicted molar refractivity (Wildman–Crippen MR) is 96.9 cm³/mol. The number of amides is 1. The Morgan fingerprint density at radius 2 is 1.81 bits per heavy atom. The molecule has 0 unspecified atom stereocenters. The molecule has 1 amide bonds. The van der Waals surface area contributed by atoms with E-state index in [2.05, 4.69) is 37.2 Å². The molecule has 0 aromatic heterocycles. The number of anilines is 1. The number of benzene rings is 2. The maximum atomic E-state index is 12.4. The second-order valence-corrected chi connectivity index (χ2v) is 6.75. The van der Waals surface area contributed by atoms with E-state index in [0.29, 0.717) is 16.8 Å². The minimum absolute atomic E-state index is 0.222. The highest BCUT2D eigenvalue weighted by molar-refractivity contribution is 9.11. The van der Waals surface area contributed by atoms with E-state index in [0.717, 1.165) is 14.5 Å². The van der Waals surface area contributed by atoms with Crippen molar-refractivity contribution in [2.24, 2.45) is 5.73 Å². The largest absolute Gasteiger partial charge is 0.389 e. The van der Waals surface area contributed by atoms with Crippen LogP contribution in [0.2, 0.25) is 0 Å². The molecule has 3 N–H and O–H groups in total. The van der Waals surface area contributed by atoms with Crippen LogP contribution in [-0.2, 0) is 0 Å². The number of thiocarbonyl (C=S) groups is 1. The summed E-state index contributed by atoms with van der Waals surface area (Å²) in [5.74, 6) is -0.222. The average molecular weight is 428 g/mol. The Balaban J connectivity index is 2.36. The fourth-order valence-corrected chi connectivity index (χ4v) is 3.54. The second kappa shape index (κ2) is 6.68. The minimum atomic E-state index is -0.222. The van der Waals surface area contributed by atoms with Gasteiger partial charge in [0.2, 0.25) is 0 Å². The number of carbonyl (C=O) groups excluding carboxylic acids is 1. The fraction of sp³-hybridized carbons (Fsp3) is 0.0667. The number of nitrogens with one attached hydrogen (secondary N) is 1. The van der Waals surface area contributed by atoms with Crippen molar-refractivity contribution >= 4 is 60.7 Å². The average Bonchev–Trinajstić information content (AvgIpc) is 2.37. The molecule has 0 aliphatic carbocycles. The zero-order valence-corrected chi connectivity index (χ0v) is 15.1. The molecule has 6 heteroatoms. The van der Waals surface area contributed by atoms with Gasteiger partial charge in [-0.3, -0.25) is 4.79 Å². The summed E-state index contributed by atoms with van der Waals surface area (Å²) in [4.78, 5) is 12.6. The summed E-state index contributed by atoms with van der Waals surface area (Å²) in [6.45, 7) is 1.90. The maximum absolute atomic E-state index is 12.4. The molecule has 0 spiro atoms. The molecule has 2 rings (SSSR count). The lowest BCUT2D eigenvalue weighted by Crippen LogP contribution is -2.18. The first-order valence-corrected chi connectivity index (χ1v) is 8.05. The van der Waals surface area contributed by atoms with Gasteiger partial charge in [0, 0.05) is 20.1 Å². The highest BCUT2D eigenvalue weighted by Crippen LogP contribution is 2.23.